The summed E-state index contributed by atoms with van der Waals surface area (Å²) >= 11 is 0. The Balaban J connectivity index is 0.000000605. The van der Waals surface area contributed by atoms with E-state index in [4.69, 9.17) is 5.11 Å². The summed E-state index contributed by atoms with van der Waals surface area (Å²) < 4.78 is 37.8. The lowest BCUT2D eigenvalue weighted by Crippen LogP contribution is -2.55. The van der Waals surface area contributed by atoms with Gasteiger partial charge in [0.2, 0.25) is 11.8 Å². The third-order valence-electron chi connectivity index (χ3n) is 5.75. The summed E-state index contributed by atoms with van der Waals surface area (Å²) in [5.41, 5.74) is 0.232. The number of hydrogen-bond donors (Lipinski definition) is 3. The molecule has 2 rings (SSSR count). The quantitative estimate of drug-likeness (QED) is 0.384. The number of aliphatic hydroxyl groups is 1. The number of carbonyl (C=O) groups is 2. The number of aliphatic imine (C=N–C) groups is 1. The van der Waals surface area contributed by atoms with Gasteiger partial charge in [-0.2, -0.15) is 0 Å². The van der Waals surface area contributed by atoms with E-state index in [1.165, 1.54) is 19.2 Å². The second-order valence-corrected chi connectivity index (χ2v) is 9.66. The molecular formula is C25H38F3N3O3. The van der Waals surface area contributed by atoms with Gasteiger partial charge in [0.05, 0.1) is 0 Å². The van der Waals surface area contributed by atoms with Crippen molar-refractivity contribution in [3.05, 3.63) is 35.1 Å². The molecule has 1 aromatic rings. The first kappa shape index (κ1) is 29.6. The first-order chi connectivity index (χ1) is 15.8. The van der Waals surface area contributed by atoms with Gasteiger partial charge in [0.15, 0.2) is 0 Å². The van der Waals surface area contributed by atoms with E-state index in [1.54, 1.807) is 13.0 Å². The maximum absolute atomic E-state index is 13.8. The largest absolute Gasteiger partial charge is 0.396 e. The number of nitrogens with one attached hydrogen (secondary N) is 2. The number of rotatable bonds is 8. The lowest BCUT2D eigenvalue weighted by Gasteiger charge is -2.33. The summed E-state index contributed by atoms with van der Waals surface area (Å²) in [7, 11) is 1.45. The summed E-state index contributed by atoms with van der Waals surface area (Å²) in [6.45, 7) is 9.32. The first-order valence-corrected chi connectivity index (χ1v) is 11.6. The van der Waals surface area contributed by atoms with Crippen molar-refractivity contribution < 1.29 is 27.9 Å². The molecule has 1 fully saturated rings. The van der Waals surface area contributed by atoms with Crippen molar-refractivity contribution in [2.24, 2.45) is 16.3 Å². The predicted molar refractivity (Wildman–Crippen MR) is 128 cm³/mol. The van der Waals surface area contributed by atoms with Crippen LogP contribution in [0, 0.1) is 24.1 Å². The second-order valence-electron chi connectivity index (χ2n) is 9.66. The number of carbonyl (C=O) groups excluding carboxylic acids is 2. The van der Waals surface area contributed by atoms with Gasteiger partial charge in [-0.05, 0) is 36.3 Å². The number of alkyl halides is 2. The third kappa shape index (κ3) is 8.74. The molecule has 1 saturated carbocycles. The molecule has 3 N–H and O–H groups in total. The van der Waals surface area contributed by atoms with E-state index in [0.717, 1.165) is 6.42 Å². The predicted octanol–water partition coefficient (Wildman–Crippen LogP) is 4.02. The zero-order valence-corrected chi connectivity index (χ0v) is 21.0. The highest BCUT2D eigenvalue weighted by Gasteiger charge is 2.43. The fraction of sp³-hybridized carbons (Fsp3) is 0.640. The number of benzene rings is 1. The zero-order chi connectivity index (χ0) is 26.1. The van der Waals surface area contributed by atoms with E-state index >= 15 is 0 Å². The summed E-state index contributed by atoms with van der Waals surface area (Å²) in [5, 5.41) is 14.2. The van der Waals surface area contributed by atoms with Gasteiger partial charge in [0.1, 0.15) is 17.6 Å². The molecule has 6 nitrogen and oxygen atoms in total. The van der Waals surface area contributed by atoms with Gasteiger partial charge < -0.3 is 15.7 Å². The Kier molecular flexibility index (Phi) is 11.2. The molecule has 1 aliphatic rings. The van der Waals surface area contributed by atoms with Crippen LogP contribution in [0.1, 0.15) is 64.5 Å². The van der Waals surface area contributed by atoms with E-state index in [0.29, 0.717) is 30.0 Å². The molecule has 0 aliphatic heterocycles. The number of amides is 2. The Morgan fingerprint density at radius 1 is 1.26 bits per heavy atom. The van der Waals surface area contributed by atoms with Crippen molar-refractivity contribution in [2.45, 2.75) is 72.3 Å². The van der Waals surface area contributed by atoms with Crippen LogP contribution in [0.2, 0.25) is 0 Å². The Hall–Kier alpha value is -2.42. The Morgan fingerprint density at radius 3 is 2.32 bits per heavy atom. The number of halogens is 3. The Bertz CT molecular complexity index is 859. The molecule has 34 heavy (non-hydrogen) atoms. The molecule has 0 saturated heterocycles. The van der Waals surface area contributed by atoms with E-state index in [1.807, 2.05) is 27.7 Å². The van der Waals surface area contributed by atoms with Gasteiger partial charge in [-0.15, -0.1) is 0 Å². The van der Waals surface area contributed by atoms with Crippen LogP contribution < -0.4 is 10.6 Å². The van der Waals surface area contributed by atoms with Crippen LogP contribution in [0.5, 0.6) is 0 Å². The highest BCUT2D eigenvalue weighted by molar-refractivity contribution is 6.46. The maximum Gasteiger partial charge on any atom is 0.270 e. The molecule has 0 spiro atoms. The lowest BCUT2D eigenvalue weighted by molar-refractivity contribution is -0.129. The number of hydrogen-bond acceptors (Lipinski definition) is 4. The molecule has 1 unspecified atom stereocenters. The molecule has 192 valence electrons. The van der Waals surface area contributed by atoms with E-state index < -0.39 is 29.1 Å². The van der Waals surface area contributed by atoms with Gasteiger partial charge in [0, 0.05) is 38.6 Å². The van der Waals surface area contributed by atoms with Crippen molar-refractivity contribution >= 4 is 17.5 Å². The minimum atomic E-state index is -2.30. The molecule has 0 heterocycles. The third-order valence-corrected chi connectivity index (χ3v) is 5.75. The topological polar surface area (TPSA) is 90.8 Å². The normalized spacial score (nSPS) is 16.6. The van der Waals surface area contributed by atoms with Crippen molar-refractivity contribution in [3.8, 4) is 0 Å². The van der Waals surface area contributed by atoms with Crippen LogP contribution in [0.25, 0.3) is 0 Å². The van der Waals surface area contributed by atoms with Gasteiger partial charge in [-0.1, -0.05) is 46.2 Å². The van der Waals surface area contributed by atoms with Gasteiger partial charge >= 0.3 is 0 Å². The fourth-order valence-electron chi connectivity index (χ4n) is 3.55. The fourth-order valence-corrected chi connectivity index (χ4v) is 3.55. The zero-order valence-electron chi connectivity index (χ0n) is 21.0. The molecule has 0 radical (unpaired) electrons. The number of aliphatic hydroxyl groups excluding tert-OH is 1. The van der Waals surface area contributed by atoms with Crippen LogP contribution in [0.3, 0.4) is 0 Å². The van der Waals surface area contributed by atoms with E-state index in [-0.39, 0.29) is 31.1 Å². The molecule has 1 aliphatic carbocycles. The Morgan fingerprint density at radius 2 is 1.88 bits per heavy atom. The monoisotopic (exact) mass is 485 g/mol. The molecule has 1 atom stereocenters. The molecule has 9 heteroatoms. The Labute approximate surface area is 200 Å². The standard InChI is InChI=1S/C19H28FN3O3.C6H10F2/c1-12-13(8-6-9-14(12)20)15(21-5)17(25)23-16(19(2,3)4)18(26)22-10-7-11-24;1-2-5-3-6(7,8)4-5/h6,8-9,16,24H,7,10-11H2,1-5H3,(H,22,26)(H,23,25);5H,2-4H2,1H3. The molecule has 2 amide bonds. The van der Waals surface area contributed by atoms with Crippen LogP contribution in [0.4, 0.5) is 13.2 Å². The van der Waals surface area contributed by atoms with Crippen molar-refractivity contribution in [1.29, 1.82) is 0 Å². The molecule has 0 bridgehead atoms. The van der Waals surface area contributed by atoms with Crippen molar-refractivity contribution in [3.63, 3.8) is 0 Å². The summed E-state index contributed by atoms with van der Waals surface area (Å²) in [5.74, 6) is -3.31. The van der Waals surface area contributed by atoms with Crippen LogP contribution >= 0.6 is 0 Å². The van der Waals surface area contributed by atoms with Crippen LogP contribution in [-0.4, -0.2) is 54.8 Å². The van der Waals surface area contributed by atoms with Gasteiger partial charge in [-0.25, -0.2) is 13.2 Å². The van der Waals surface area contributed by atoms with E-state index in [2.05, 4.69) is 15.6 Å². The highest BCUT2D eigenvalue weighted by Crippen LogP contribution is 2.43. The second kappa shape index (κ2) is 12.9. The first-order valence-electron chi connectivity index (χ1n) is 11.6. The van der Waals surface area contributed by atoms with Crippen molar-refractivity contribution in [2.75, 3.05) is 20.2 Å². The van der Waals surface area contributed by atoms with Gasteiger partial charge in [-0.3, -0.25) is 14.6 Å². The van der Waals surface area contributed by atoms with Crippen LogP contribution in [-0.2, 0) is 9.59 Å². The molecule has 1 aromatic carbocycles. The van der Waals surface area contributed by atoms with Crippen LogP contribution in [0.15, 0.2) is 23.2 Å². The average Bonchev–Trinajstić information content (AvgIpc) is 2.73. The lowest BCUT2D eigenvalue weighted by atomic mass is 9.80. The minimum absolute atomic E-state index is 0.0295. The number of nitrogens with zero attached hydrogens (tertiary/aromatic N) is 1. The molecule has 0 aromatic heterocycles. The van der Waals surface area contributed by atoms with Crippen molar-refractivity contribution in [1.82, 2.24) is 10.6 Å². The highest BCUT2D eigenvalue weighted by atomic mass is 19.3. The molecular weight excluding hydrogens is 447 g/mol. The van der Waals surface area contributed by atoms with E-state index in [9.17, 15) is 22.8 Å². The average molecular weight is 486 g/mol. The SMILES string of the molecule is CCC1CC(F)(F)C1.CN=C(C(=O)NC(C(=O)NCCCO)C(C)(C)C)c1cccc(F)c1C. The maximum atomic E-state index is 13.8. The summed E-state index contributed by atoms with van der Waals surface area (Å²) in [6.07, 6.45) is 1.60. The summed E-state index contributed by atoms with van der Waals surface area (Å²) in [4.78, 5) is 29.2. The smallest absolute Gasteiger partial charge is 0.270 e. The summed E-state index contributed by atoms with van der Waals surface area (Å²) in [6, 6.07) is 3.64. The van der Waals surface area contributed by atoms with Gasteiger partial charge in [0.25, 0.3) is 5.91 Å². The minimum Gasteiger partial charge on any atom is -0.396 e.